The van der Waals surface area contributed by atoms with Crippen molar-refractivity contribution < 1.29 is 9.47 Å². The Labute approximate surface area is 151 Å². The van der Waals surface area contributed by atoms with E-state index >= 15 is 0 Å². The van der Waals surface area contributed by atoms with Gasteiger partial charge < -0.3 is 14.0 Å². The van der Waals surface area contributed by atoms with Gasteiger partial charge in [-0.3, -0.25) is 4.79 Å². The van der Waals surface area contributed by atoms with Crippen molar-refractivity contribution in [2.45, 2.75) is 6.54 Å². The van der Waals surface area contributed by atoms with E-state index in [1.54, 1.807) is 13.2 Å². The Morgan fingerprint density at radius 3 is 2.19 bits per heavy atom. The molecule has 0 spiro atoms. The zero-order chi connectivity index (χ0) is 18.1. The molecule has 0 saturated heterocycles. The summed E-state index contributed by atoms with van der Waals surface area (Å²) in [5, 5.41) is 1.77. The van der Waals surface area contributed by atoms with Crippen molar-refractivity contribution in [3.05, 3.63) is 82.5 Å². The fraction of sp³-hybridized carbons (Fsp3) is 0.136. The number of fused-ring (bicyclic) bond motifs is 3. The third-order valence-electron chi connectivity index (χ3n) is 4.66. The molecule has 0 bridgehead atoms. The van der Waals surface area contributed by atoms with E-state index in [1.807, 2.05) is 53.1 Å². The summed E-state index contributed by atoms with van der Waals surface area (Å²) in [5.74, 6) is 1.08. The van der Waals surface area contributed by atoms with Crippen LogP contribution in [-0.2, 0) is 6.54 Å². The van der Waals surface area contributed by atoms with Gasteiger partial charge in [0.1, 0.15) is 0 Å². The predicted molar refractivity (Wildman–Crippen MR) is 103 cm³/mol. The molecule has 2 aliphatic rings. The molecule has 0 unspecified atom stereocenters. The van der Waals surface area contributed by atoms with Gasteiger partial charge in [0, 0.05) is 10.8 Å². The second-order valence-electron chi connectivity index (χ2n) is 6.12. The highest BCUT2D eigenvalue weighted by molar-refractivity contribution is 6.00. The molecule has 26 heavy (non-hydrogen) atoms. The van der Waals surface area contributed by atoms with Crippen LogP contribution in [0.25, 0.3) is 22.0 Å². The van der Waals surface area contributed by atoms with E-state index in [1.165, 1.54) is 7.11 Å². The van der Waals surface area contributed by atoms with Crippen LogP contribution in [0.4, 0.5) is 0 Å². The molecule has 1 heterocycles. The highest BCUT2D eigenvalue weighted by Crippen LogP contribution is 2.37. The van der Waals surface area contributed by atoms with Crippen LogP contribution in [0, 0.1) is 0 Å². The Balaban J connectivity index is 2.11. The molecule has 0 aromatic heterocycles. The Kier molecular flexibility index (Phi) is 4.09. The number of benzene rings is 3. The van der Waals surface area contributed by atoms with Crippen LogP contribution in [0.1, 0.15) is 5.56 Å². The quantitative estimate of drug-likeness (QED) is 0.521. The van der Waals surface area contributed by atoms with Crippen LogP contribution >= 0.6 is 0 Å². The molecule has 1 aliphatic heterocycles. The molecule has 0 amide bonds. The van der Waals surface area contributed by atoms with Crippen molar-refractivity contribution in [1.29, 1.82) is 0 Å². The maximum Gasteiger partial charge on any atom is 0.230 e. The van der Waals surface area contributed by atoms with Gasteiger partial charge in [-0.25, -0.2) is 0 Å². The summed E-state index contributed by atoms with van der Waals surface area (Å²) in [6, 6.07) is 21.6. The molecular formula is C22H19NO3. The number of aromatic nitrogens is 1. The van der Waals surface area contributed by atoms with Crippen molar-refractivity contribution in [2.24, 2.45) is 0 Å². The largest absolute Gasteiger partial charge is 0.493 e. The molecule has 0 fully saturated rings. The van der Waals surface area contributed by atoms with Gasteiger partial charge in [-0.2, -0.15) is 0 Å². The lowest BCUT2D eigenvalue weighted by Gasteiger charge is -2.23. The van der Waals surface area contributed by atoms with Crippen LogP contribution < -0.4 is 14.9 Å². The smallest absolute Gasteiger partial charge is 0.230 e. The van der Waals surface area contributed by atoms with Crippen LogP contribution in [0.5, 0.6) is 11.6 Å². The van der Waals surface area contributed by atoms with Gasteiger partial charge in [0.05, 0.1) is 32.0 Å². The Hall–Kier alpha value is -3.27. The zero-order valence-electron chi connectivity index (χ0n) is 14.7. The molecule has 0 N–H and O–H groups in total. The molecule has 130 valence electrons. The van der Waals surface area contributed by atoms with Crippen molar-refractivity contribution in [1.82, 2.24) is 4.57 Å². The minimum absolute atomic E-state index is 0.106. The van der Waals surface area contributed by atoms with Gasteiger partial charge in [0.25, 0.3) is 0 Å². The molecule has 4 rings (SSSR count). The van der Waals surface area contributed by atoms with Crippen LogP contribution in [-0.4, -0.2) is 18.8 Å². The van der Waals surface area contributed by atoms with Crippen molar-refractivity contribution in [2.75, 3.05) is 14.2 Å². The first-order chi connectivity index (χ1) is 12.7. The Bertz CT molecular complexity index is 1100. The van der Waals surface area contributed by atoms with Gasteiger partial charge in [-0.15, -0.1) is 0 Å². The second kappa shape index (κ2) is 6.56. The van der Waals surface area contributed by atoms with Crippen molar-refractivity contribution in [3.8, 4) is 22.9 Å². The first kappa shape index (κ1) is 16.2. The number of ether oxygens (including phenoxy) is 2. The third kappa shape index (κ3) is 2.51. The lowest BCUT2D eigenvalue weighted by atomic mass is 9.99. The molecule has 0 radical (unpaired) electrons. The summed E-state index contributed by atoms with van der Waals surface area (Å²) >= 11 is 0. The first-order valence-electron chi connectivity index (χ1n) is 8.44. The van der Waals surface area contributed by atoms with E-state index in [9.17, 15) is 4.79 Å². The highest BCUT2D eigenvalue weighted by atomic mass is 16.5. The number of hydrogen-bond donors (Lipinski definition) is 0. The van der Waals surface area contributed by atoms with E-state index in [-0.39, 0.29) is 5.43 Å². The van der Waals surface area contributed by atoms with E-state index in [2.05, 4.69) is 12.1 Å². The molecule has 1 aliphatic carbocycles. The Morgan fingerprint density at radius 2 is 1.50 bits per heavy atom. The van der Waals surface area contributed by atoms with Crippen LogP contribution in [0.3, 0.4) is 0 Å². The SMILES string of the molecule is COc1ccc2n(Cc3ccccc3)c(OC)c3ccccc3c-2c1=O. The molecule has 0 atom stereocenters. The maximum atomic E-state index is 13.0. The Morgan fingerprint density at radius 1 is 0.808 bits per heavy atom. The number of rotatable bonds is 4. The summed E-state index contributed by atoms with van der Waals surface area (Å²) in [6.45, 7) is 0.608. The summed E-state index contributed by atoms with van der Waals surface area (Å²) in [5.41, 5.74) is 2.51. The highest BCUT2D eigenvalue weighted by Gasteiger charge is 2.22. The zero-order valence-corrected chi connectivity index (χ0v) is 14.7. The monoisotopic (exact) mass is 345 g/mol. The molecule has 2 aromatic rings. The molecular weight excluding hydrogens is 326 g/mol. The minimum atomic E-state index is -0.106. The summed E-state index contributed by atoms with van der Waals surface area (Å²) in [7, 11) is 3.18. The number of pyridine rings is 1. The van der Waals surface area contributed by atoms with E-state index < -0.39 is 0 Å². The maximum absolute atomic E-state index is 13.0. The molecule has 0 saturated carbocycles. The summed E-state index contributed by atoms with van der Waals surface area (Å²) in [6.07, 6.45) is 0. The lowest BCUT2D eigenvalue weighted by Crippen LogP contribution is -2.17. The average Bonchev–Trinajstić information content (AvgIpc) is 2.69. The van der Waals surface area contributed by atoms with Crippen LogP contribution in [0.15, 0.2) is 71.5 Å². The predicted octanol–water partition coefficient (Wildman–Crippen LogP) is 4.17. The summed E-state index contributed by atoms with van der Waals surface area (Å²) in [4.78, 5) is 13.0. The van der Waals surface area contributed by atoms with Crippen LogP contribution in [0.2, 0.25) is 0 Å². The van der Waals surface area contributed by atoms with Gasteiger partial charge in [-0.1, -0.05) is 48.5 Å². The number of methoxy groups -OCH3 is 2. The van der Waals surface area contributed by atoms with Gasteiger partial charge in [0.15, 0.2) is 5.75 Å². The molecule has 4 heteroatoms. The fourth-order valence-electron chi connectivity index (χ4n) is 3.48. The van der Waals surface area contributed by atoms with E-state index in [4.69, 9.17) is 9.47 Å². The standard InChI is InChI=1S/C22H19NO3/c1-25-19-13-12-18-20(21(19)24)16-10-6-7-11-17(16)22(26-2)23(18)14-15-8-4-3-5-9-15/h3-13H,14H2,1-2H3. The molecule has 2 aromatic carbocycles. The van der Waals surface area contributed by atoms with Crippen molar-refractivity contribution >= 4 is 10.8 Å². The normalized spacial score (nSPS) is 11.0. The van der Waals surface area contributed by atoms with E-state index in [0.717, 1.165) is 27.9 Å². The minimum Gasteiger partial charge on any atom is -0.493 e. The topological polar surface area (TPSA) is 40.5 Å². The second-order valence-corrected chi connectivity index (χ2v) is 6.12. The fourth-order valence-corrected chi connectivity index (χ4v) is 3.48. The number of nitrogens with zero attached hydrogens (tertiary/aromatic N) is 1. The van der Waals surface area contributed by atoms with Gasteiger partial charge >= 0.3 is 0 Å². The third-order valence-corrected chi connectivity index (χ3v) is 4.66. The number of hydrogen-bond acceptors (Lipinski definition) is 3. The van der Waals surface area contributed by atoms with Gasteiger partial charge in [-0.05, 0) is 23.8 Å². The van der Waals surface area contributed by atoms with Crippen molar-refractivity contribution in [3.63, 3.8) is 0 Å². The van der Waals surface area contributed by atoms with E-state index in [0.29, 0.717) is 17.9 Å². The molecule has 4 nitrogen and oxygen atoms in total. The first-order valence-corrected chi connectivity index (χ1v) is 8.44. The van der Waals surface area contributed by atoms with Gasteiger partial charge in [0.2, 0.25) is 11.3 Å². The lowest BCUT2D eigenvalue weighted by molar-refractivity contribution is 0.380. The summed E-state index contributed by atoms with van der Waals surface area (Å²) < 4.78 is 13.1. The average molecular weight is 345 g/mol.